The van der Waals surface area contributed by atoms with Crippen LogP contribution in [-0.2, 0) is 4.79 Å². The van der Waals surface area contributed by atoms with E-state index in [-0.39, 0.29) is 6.04 Å². The van der Waals surface area contributed by atoms with Crippen LogP contribution in [0.1, 0.15) is 33.1 Å². The highest BCUT2D eigenvalue weighted by Crippen LogP contribution is 2.22. The number of carbonyl (C=O) groups excluding carboxylic acids is 1. The molecule has 0 radical (unpaired) electrons. The number of hydrogen-bond acceptors (Lipinski definition) is 3. The van der Waals surface area contributed by atoms with Crippen LogP contribution in [0.15, 0.2) is 0 Å². The van der Waals surface area contributed by atoms with Gasteiger partial charge in [0.2, 0.25) is 5.91 Å². The Bertz CT molecular complexity index is 261. The van der Waals surface area contributed by atoms with Crippen LogP contribution in [0.3, 0.4) is 0 Å². The van der Waals surface area contributed by atoms with Crippen LogP contribution in [0.25, 0.3) is 0 Å². The molecule has 0 aromatic heterocycles. The molecule has 1 atom stereocenters. The second-order valence-electron chi connectivity index (χ2n) is 5.13. The van der Waals surface area contributed by atoms with Crippen LogP contribution in [0.2, 0.25) is 0 Å². The van der Waals surface area contributed by atoms with Gasteiger partial charge in [-0.25, -0.2) is 0 Å². The third-order valence-electron chi connectivity index (χ3n) is 3.89. The molecule has 17 heavy (non-hydrogen) atoms. The van der Waals surface area contributed by atoms with E-state index in [1.807, 2.05) is 4.90 Å². The first kappa shape index (κ1) is 12.8. The van der Waals surface area contributed by atoms with Crippen molar-refractivity contribution in [3.05, 3.63) is 0 Å². The second-order valence-corrected chi connectivity index (χ2v) is 5.13. The van der Waals surface area contributed by atoms with Crippen molar-refractivity contribution in [1.82, 2.24) is 15.1 Å². The monoisotopic (exact) mass is 239 g/mol. The van der Waals surface area contributed by atoms with Gasteiger partial charge in [-0.3, -0.25) is 4.79 Å². The molecular weight excluding hydrogens is 214 g/mol. The molecular formula is C13H25N3O. The van der Waals surface area contributed by atoms with Crippen LogP contribution < -0.4 is 5.32 Å². The van der Waals surface area contributed by atoms with Crippen LogP contribution in [0.4, 0.5) is 0 Å². The van der Waals surface area contributed by atoms with E-state index in [0.717, 1.165) is 39.1 Å². The number of carbonyl (C=O) groups is 1. The minimum Gasteiger partial charge on any atom is -0.340 e. The van der Waals surface area contributed by atoms with E-state index in [1.54, 1.807) is 0 Å². The van der Waals surface area contributed by atoms with E-state index >= 15 is 0 Å². The summed E-state index contributed by atoms with van der Waals surface area (Å²) in [5.74, 6) is 0.323. The average Bonchev–Trinajstić information content (AvgIpc) is 3.09. The molecule has 4 nitrogen and oxygen atoms in total. The number of likely N-dealkylation sites (tertiary alicyclic amines) is 1. The van der Waals surface area contributed by atoms with Crippen molar-refractivity contribution in [3.63, 3.8) is 0 Å². The maximum absolute atomic E-state index is 12.1. The molecule has 1 aliphatic carbocycles. The van der Waals surface area contributed by atoms with E-state index in [0.29, 0.717) is 11.9 Å². The maximum atomic E-state index is 12.1. The van der Waals surface area contributed by atoms with Gasteiger partial charge in [0.15, 0.2) is 0 Å². The molecule has 0 bridgehead atoms. The quantitative estimate of drug-likeness (QED) is 0.710. The first-order chi connectivity index (χ1) is 8.24. The van der Waals surface area contributed by atoms with Crippen molar-refractivity contribution in [2.24, 2.45) is 0 Å². The van der Waals surface area contributed by atoms with Crippen molar-refractivity contribution in [1.29, 1.82) is 0 Å². The van der Waals surface area contributed by atoms with Gasteiger partial charge in [-0.2, -0.15) is 0 Å². The summed E-state index contributed by atoms with van der Waals surface area (Å²) in [4.78, 5) is 16.5. The largest absolute Gasteiger partial charge is 0.340 e. The topological polar surface area (TPSA) is 35.6 Å². The molecule has 2 fully saturated rings. The highest BCUT2D eigenvalue weighted by atomic mass is 16.2. The van der Waals surface area contributed by atoms with Crippen LogP contribution >= 0.6 is 0 Å². The molecule has 1 saturated carbocycles. The van der Waals surface area contributed by atoms with Gasteiger partial charge < -0.3 is 15.1 Å². The Morgan fingerprint density at radius 3 is 2.59 bits per heavy atom. The predicted octanol–water partition coefficient (Wildman–Crippen LogP) is 0.681. The average molecular weight is 239 g/mol. The summed E-state index contributed by atoms with van der Waals surface area (Å²) in [5, 5.41) is 3.44. The van der Waals surface area contributed by atoms with Gasteiger partial charge in [0.25, 0.3) is 0 Å². The maximum Gasteiger partial charge on any atom is 0.239 e. The lowest BCUT2D eigenvalue weighted by molar-refractivity contribution is -0.129. The molecule has 4 heteroatoms. The molecule has 1 aliphatic heterocycles. The molecule has 0 spiro atoms. The van der Waals surface area contributed by atoms with Gasteiger partial charge in [-0.1, -0.05) is 13.8 Å². The standard InChI is InChI=1S/C13H25N3O/c1-3-15(4-2)9-10-16-8-7-12(13(16)17)14-11-5-6-11/h11-12,14H,3-10H2,1-2H3. The van der Waals surface area contributed by atoms with Crippen LogP contribution in [0.5, 0.6) is 0 Å². The molecule has 1 amide bonds. The molecule has 0 aromatic rings. The molecule has 1 heterocycles. The van der Waals surface area contributed by atoms with Crippen LogP contribution in [0, 0.1) is 0 Å². The lowest BCUT2D eigenvalue weighted by Crippen LogP contribution is -2.42. The van der Waals surface area contributed by atoms with Gasteiger partial charge >= 0.3 is 0 Å². The van der Waals surface area contributed by atoms with Crippen molar-refractivity contribution in [2.75, 3.05) is 32.7 Å². The first-order valence-corrected chi connectivity index (χ1v) is 7.01. The number of nitrogens with zero attached hydrogens (tertiary/aromatic N) is 2. The summed E-state index contributed by atoms with van der Waals surface area (Å²) in [5.41, 5.74) is 0. The summed E-state index contributed by atoms with van der Waals surface area (Å²) < 4.78 is 0. The fraction of sp³-hybridized carbons (Fsp3) is 0.923. The van der Waals surface area contributed by atoms with E-state index in [9.17, 15) is 4.79 Å². The van der Waals surface area contributed by atoms with Crippen molar-refractivity contribution < 1.29 is 4.79 Å². The van der Waals surface area contributed by atoms with Crippen LogP contribution in [-0.4, -0.2) is 60.5 Å². The molecule has 98 valence electrons. The minimum absolute atomic E-state index is 0.110. The Labute approximate surface area is 104 Å². The highest BCUT2D eigenvalue weighted by Gasteiger charge is 2.35. The summed E-state index contributed by atoms with van der Waals surface area (Å²) >= 11 is 0. The normalized spacial score (nSPS) is 25.0. The third kappa shape index (κ3) is 3.42. The number of likely N-dealkylation sites (N-methyl/N-ethyl adjacent to an activating group) is 1. The van der Waals surface area contributed by atoms with Gasteiger partial charge in [-0.15, -0.1) is 0 Å². The van der Waals surface area contributed by atoms with Crippen molar-refractivity contribution in [2.45, 2.75) is 45.2 Å². The molecule has 2 rings (SSSR count). The molecule has 1 saturated heterocycles. The van der Waals surface area contributed by atoms with E-state index in [4.69, 9.17) is 0 Å². The highest BCUT2D eigenvalue weighted by molar-refractivity contribution is 5.84. The van der Waals surface area contributed by atoms with Gasteiger partial charge in [0, 0.05) is 25.7 Å². The molecule has 2 aliphatic rings. The zero-order chi connectivity index (χ0) is 12.3. The Kier molecular flexibility index (Phi) is 4.40. The molecule has 1 unspecified atom stereocenters. The SMILES string of the molecule is CCN(CC)CCN1CCC(NC2CC2)C1=O. The van der Waals surface area contributed by atoms with Crippen molar-refractivity contribution in [3.8, 4) is 0 Å². The van der Waals surface area contributed by atoms with Gasteiger partial charge in [0.1, 0.15) is 0 Å². The van der Waals surface area contributed by atoms with Gasteiger partial charge in [-0.05, 0) is 32.4 Å². The fourth-order valence-corrected chi connectivity index (χ4v) is 2.45. The van der Waals surface area contributed by atoms with Crippen molar-refractivity contribution >= 4 is 5.91 Å². The molecule has 0 aromatic carbocycles. The lowest BCUT2D eigenvalue weighted by Gasteiger charge is -2.23. The fourth-order valence-electron chi connectivity index (χ4n) is 2.45. The van der Waals surface area contributed by atoms with E-state index in [1.165, 1.54) is 12.8 Å². The first-order valence-electron chi connectivity index (χ1n) is 7.01. The van der Waals surface area contributed by atoms with E-state index < -0.39 is 0 Å². The smallest absolute Gasteiger partial charge is 0.239 e. The minimum atomic E-state index is 0.110. The Hall–Kier alpha value is -0.610. The third-order valence-corrected chi connectivity index (χ3v) is 3.89. The summed E-state index contributed by atoms with van der Waals surface area (Å²) in [7, 11) is 0. The number of amides is 1. The summed E-state index contributed by atoms with van der Waals surface area (Å²) in [6.07, 6.45) is 3.50. The zero-order valence-corrected chi connectivity index (χ0v) is 11.1. The zero-order valence-electron chi connectivity index (χ0n) is 11.1. The van der Waals surface area contributed by atoms with Gasteiger partial charge in [0.05, 0.1) is 6.04 Å². The van der Waals surface area contributed by atoms with E-state index in [2.05, 4.69) is 24.1 Å². The number of rotatable bonds is 7. The summed E-state index contributed by atoms with van der Waals surface area (Å²) in [6.45, 7) is 9.33. The number of nitrogens with one attached hydrogen (secondary N) is 1. The Balaban J connectivity index is 1.72. The summed E-state index contributed by atoms with van der Waals surface area (Å²) in [6, 6.07) is 0.742. The Morgan fingerprint density at radius 2 is 2.00 bits per heavy atom. The lowest BCUT2D eigenvalue weighted by atomic mass is 10.2. The Morgan fingerprint density at radius 1 is 1.29 bits per heavy atom. The molecule has 1 N–H and O–H groups in total. The number of hydrogen-bond donors (Lipinski definition) is 1. The predicted molar refractivity (Wildman–Crippen MR) is 68.9 cm³/mol. The second kappa shape index (κ2) is 5.83.